The van der Waals surface area contributed by atoms with Crippen molar-refractivity contribution in [2.75, 3.05) is 0 Å². The van der Waals surface area contributed by atoms with Gasteiger partial charge in [-0.1, -0.05) is 38.2 Å². The van der Waals surface area contributed by atoms with Gasteiger partial charge in [-0.05, 0) is 41.9 Å². The van der Waals surface area contributed by atoms with E-state index in [0.717, 1.165) is 18.5 Å². The Kier molecular flexibility index (Phi) is 2.81. The maximum atomic E-state index is 5.89. The van der Waals surface area contributed by atoms with E-state index in [2.05, 4.69) is 44.2 Å². The lowest BCUT2D eigenvalue weighted by molar-refractivity contribution is 0.528. The number of allylic oxidation sites excluding steroid dienone is 8. The van der Waals surface area contributed by atoms with Crippen molar-refractivity contribution in [2.24, 2.45) is 17.6 Å². The molecular formula is C14H19N. The van der Waals surface area contributed by atoms with Gasteiger partial charge in [0.15, 0.2) is 0 Å². The molecule has 2 unspecified atom stereocenters. The fraction of sp³-hybridized carbons (Fsp3) is 0.429. The molecule has 2 N–H and O–H groups in total. The van der Waals surface area contributed by atoms with E-state index in [1.54, 1.807) is 0 Å². The van der Waals surface area contributed by atoms with Crippen molar-refractivity contribution >= 4 is 0 Å². The third-order valence-electron chi connectivity index (χ3n) is 3.44. The summed E-state index contributed by atoms with van der Waals surface area (Å²) in [6, 6.07) is 0. The first-order valence-corrected chi connectivity index (χ1v) is 5.73. The van der Waals surface area contributed by atoms with Crippen molar-refractivity contribution in [1.29, 1.82) is 0 Å². The molecule has 15 heavy (non-hydrogen) atoms. The molecule has 1 heteroatoms. The summed E-state index contributed by atoms with van der Waals surface area (Å²) in [5.41, 5.74) is 9.68. The molecule has 0 spiro atoms. The van der Waals surface area contributed by atoms with E-state index >= 15 is 0 Å². The van der Waals surface area contributed by atoms with E-state index in [4.69, 9.17) is 5.73 Å². The summed E-state index contributed by atoms with van der Waals surface area (Å²) in [6.45, 7) is 4.56. The normalized spacial score (nSPS) is 30.7. The molecule has 0 radical (unpaired) electrons. The molecular weight excluding hydrogens is 182 g/mol. The molecule has 0 amide bonds. The molecule has 0 saturated heterocycles. The highest BCUT2D eigenvalue weighted by molar-refractivity contribution is 5.47. The van der Waals surface area contributed by atoms with Gasteiger partial charge in [-0.25, -0.2) is 0 Å². The molecule has 2 atom stereocenters. The summed E-state index contributed by atoms with van der Waals surface area (Å²) in [6.07, 6.45) is 13.2. The maximum Gasteiger partial charge on any atom is 0.00895 e. The van der Waals surface area contributed by atoms with E-state index in [-0.39, 0.29) is 0 Å². The summed E-state index contributed by atoms with van der Waals surface area (Å²) < 4.78 is 0. The Morgan fingerprint density at radius 2 is 2.13 bits per heavy atom. The van der Waals surface area contributed by atoms with Gasteiger partial charge in [0.1, 0.15) is 0 Å². The van der Waals surface area contributed by atoms with Gasteiger partial charge in [0, 0.05) is 5.70 Å². The second-order valence-electron chi connectivity index (χ2n) is 4.57. The van der Waals surface area contributed by atoms with E-state index in [0.29, 0.717) is 11.8 Å². The first kappa shape index (κ1) is 10.3. The van der Waals surface area contributed by atoms with Crippen LogP contribution in [0.1, 0.15) is 26.7 Å². The third-order valence-corrected chi connectivity index (χ3v) is 3.44. The molecule has 80 valence electrons. The summed E-state index contributed by atoms with van der Waals surface area (Å²) in [4.78, 5) is 0. The van der Waals surface area contributed by atoms with Crippen LogP contribution in [0.3, 0.4) is 0 Å². The van der Waals surface area contributed by atoms with Crippen LogP contribution < -0.4 is 5.73 Å². The highest BCUT2D eigenvalue weighted by atomic mass is 14.6. The van der Waals surface area contributed by atoms with Crippen LogP contribution in [0.15, 0.2) is 47.2 Å². The Morgan fingerprint density at radius 1 is 1.33 bits per heavy atom. The van der Waals surface area contributed by atoms with Crippen LogP contribution >= 0.6 is 0 Å². The quantitative estimate of drug-likeness (QED) is 0.692. The second kappa shape index (κ2) is 4.09. The molecule has 0 saturated carbocycles. The molecule has 2 rings (SSSR count). The molecule has 0 aromatic carbocycles. The molecule has 2 aliphatic carbocycles. The molecule has 0 aliphatic heterocycles. The second-order valence-corrected chi connectivity index (χ2v) is 4.57. The van der Waals surface area contributed by atoms with Gasteiger partial charge in [0.25, 0.3) is 0 Å². The zero-order valence-corrected chi connectivity index (χ0v) is 9.53. The van der Waals surface area contributed by atoms with E-state index in [9.17, 15) is 0 Å². The van der Waals surface area contributed by atoms with Crippen molar-refractivity contribution in [2.45, 2.75) is 26.7 Å². The standard InChI is InChI=1S/C14H19N/c1-10-5-3-8-14(11(10)2)12-6-4-7-13(15)9-12/h3,5-6,8-11H,4,7,15H2,1-2H3. The van der Waals surface area contributed by atoms with Gasteiger partial charge in [-0.3, -0.25) is 0 Å². The topological polar surface area (TPSA) is 26.0 Å². The van der Waals surface area contributed by atoms with Gasteiger partial charge < -0.3 is 5.73 Å². The lowest BCUT2D eigenvalue weighted by atomic mass is 9.80. The van der Waals surface area contributed by atoms with Gasteiger partial charge in [-0.2, -0.15) is 0 Å². The minimum Gasteiger partial charge on any atom is -0.402 e. The van der Waals surface area contributed by atoms with Gasteiger partial charge in [0.2, 0.25) is 0 Å². The van der Waals surface area contributed by atoms with Crippen LogP contribution in [0, 0.1) is 11.8 Å². The molecule has 0 aromatic rings. The Labute approximate surface area is 92.1 Å². The van der Waals surface area contributed by atoms with E-state index in [1.165, 1.54) is 11.1 Å². The lowest BCUT2D eigenvalue weighted by Crippen LogP contribution is -2.14. The van der Waals surface area contributed by atoms with Gasteiger partial charge in [0.05, 0.1) is 0 Å². The van der Waals surface area contributed by atoms with Gasteiger partial charge in [-0.15, -0.1) is 0 Å². The minimum absolute atomic E-state index is 0.600. The fourth-order valence-electron chi connectivity index (χ4n) is 2.22. The zero-order chi connectivity index (χ0) is 10.8. The van der Waals surface area contributed by atoms with E-state index < -0.39 is 0 Å². The number of nitrogens with two attached hydrogens (primary N) is 1. The van der Waals surface area contributed by atoms with Crippen LogP contribution in [-0.4, -0.2) is 0 Å². The maximum absolute atomic E-state index is 5.89. The Bertz CT molecular complexity index is 369. The van der Waals surface area contributed by atoms with Crippen molar-refractivity contribution in [3.05, 3.63) is 47.2 Å². The number of hydrogen-bond acceptors (Lipinski definition) is 1. The molecule has 2 aliphatic rings. The molecule has 1 nitrogen and oxygen atoms in total. The predicted octanol–water partition coefficient (Wildman–Crippen LogP) is 3.32. The Hall–Kier alpha value is -1.24. The predicted molar refractivity (Wildman–Crippen MR) is 65.1 cm³/mol. The first-order chi connectivity index (χ1) is 7.18. The number of hydrogen-bond donors (Lipinski definition) is 1. The Balaban J connectivity index is 2.28. The highest BCUT2D eigenvalue weighted by Gasteiger charge is 2.19. The first-order valence-electron chi connectivity index (χ1n) is 5.73. The van der Waals surface area contributed by atoms with Crippen molar-refractivity contribution < 1.29 is 0 Å². The summed E-state index contributed by atoms with van der Waals surface area (Å²) >= 11 is 0. The van der Waals surface area contributed by atoms with Crippen LogP contribution in [0.2, 0.25) is 0 Å². The fourth-order valence-corrected chi connectivity index (χ4v) is 2.22. The number of rotatable bonds is 1. The molecule has 0 bridgehead atoms. The average Bonchev–Trinajstić information content (AvgIpc) is 2.22. The molecule has 0 heterocycles. The van der Waals surface area contributed by atoms with Crippen molar-refractivity contribution in [1.82, 2.24) is 0 Å². The van der Waals surface area contributed by atoms with Crippen LogP contribution in [0.5, 0.6) is 0 Å². The third kappa shape index (κ3) is 2.06. The highest BCUT2D eigenvalue weighted by Crippen LogP contribution is 2.33. The van der Waals surface area contributed by atoms with Crippen LogP contribution in [-0.2, 0) is 0 Å². The van der Waals surface area contributed by atoms with Crippen molar-refractivity contribution in [3.63, 3.8) is 0 Å². The lowest BCUT2D eigenvalue weighted by Gasteiger charge is -2.25. The molecule has 0 aromatic heterocycles. The summed E-state index contributed by atoms with van der Waals surface area (Å²) in [5.74, 6) is 1.23. The minimum atomic E-state index is 0.600. The SMILES string of the molecule is CC1C=CC=C(C2=CCCC(N)=C2)C1C. The van der Waals surface area contributed by atoms with E-state index in [1.807, 2.05) is 0 Å². The van der Waals surface area contributed by atoms with Gasteiger partial charge >= 0.3 is 0 Å². The summed E-state index contributed by atoms with van der Waals surface area (Å²) in [5, 5.41) is 0. The largest absolute Gasteiger partial charge is 0.402 e. The van der Waals surface area contributed by atoms with Crippen LogP contribution in [0.25, 0.3) is 0 Å². The average molecular weight is 201 g/mol. The smallest absolute Gasteiger partial charge is 0.00895 e. The summed E-state index contributed by atoms with van der Waals surface area (Å²) in [7, 11) is 0. The Morgan fingerprint density at radius 3 is 2.87 bits per heavy atom. The monoisotopic (exact) mass is 201 g/mol. The van der Waals surface area contributed by atoms with Crippen molar-refractivity contribution in [3.8, 4) is 0 Å². The zero-order valence-electron chi connectivity index (χ0n) is 9.53. The molecule has 0 fully saturated rings. The van der Waals surface area contributed by atoms with Crippen LogP contribution in [0.4, 0.5) is 0 Å².